The minimum Gasteiger partial charge on any atom is -0.496 e. The number of hydrogen-bond donors (Lipinski definition) is 1. The van der Waals surface area contributed by atoms with Crippen LogP contribution in [0.4, 0.5) is 0 Å². The standard InChI is InChI=1S/C17H21NO/c1-12(2)14-7-8-16(17(10-14)19-3)15-6-4-5-13(9-15)11-18/h4-10,12H,11,18H2,1-3H3. The van der Waals surface area contributed by atoms with Crippen LogP contribution in [-0.4, -0.2) is 7.11 Å². The zero-order valence-electron chi connectivity index (χ0n) is 11.8. The Labute approximate surface area is 115 Å². The summed E-state index contributed by atoms with van der Waals surface area (Å²) in [5.74, 6) is 1.42. The Morgan fingerprint density at radius 1 is 1.11 bits per heavy atom. The number of ether oxygens (including phenoxy) is 1. The van der Waals surface area contributed by atoms with Gasteiger partial charge in [0.2, 0.25) is 0 Å². The number of rotatable bonds is 4. The third-order valence-electron chi connectivity index (χ3n) is 3.37. The lowest BCUT2D eigenvalue weighted by atomic mass is 9.97. The Morgan fingerprint density at radius 3 is 2.53 bits per heavy atom. The Morgan fingerprint density at radius 2 is 1.89 bits per heavy atom. The van der Waals surface area contributed by atoms with Crippen molar-refractivity contribution in [2.45, 2.75) is 26.3 Å². The fraction of sp³-hybridized carbons (Fsp3) is 0.294. The maximum Gasteiger partial charge on any atom is 0.126 e. The Bertz CT molecular complexity index is 561. The van der Waals surface area contributed by atoms with Crippen molar-refractivity contribution < 1.29 is 4.74 Å². The average molecular weight is 255 g/mol. The second-order valence-electron chi connectivity index (χ2n) is 5.02. The van der Waals surface area contributed by atoms with Crippen molar-refractivity contribution >= 4 is 0 Å². The van der Waals surface area contributed by atoms with Crippen LogP contribution < -0.4 is 10.5 Å². The van der Waals surface area contributed by atoms with E-state index in [4.69, 9.17) is 10.5 Å². The second kappa shape index (κ2) is 5.89. The summed E-state index contributed by atoms with van der Waals surface area (Å²) in [5.41, 5.74) is 10.4. The molecule has 0 aliphatic carbocycles. The van der Waals surface area contributed by atoms with Crippen molar-refractivity contribution in [1.82, 2.24) is 0 Å². The van der Waals surface area contributed by atoms with Gasteiger partial charge in [-0.25, -0.2) is 0 Å². The lowest BCUT2D eigenvalue weighted by Crippen LogP contribution is -1.97. The zero-order valence-corrected chi connectivity index (χ0v) is 11.8. The summed E-state index contributed by atoms with van der Waals surface area (Å²) in [6, 6.07) is 14.7. The van der Waals surface area contributed by atoms with E-state index in [0.717, 1.165) is 22.4 Å². The van der Waals surface area contributed by atoms with E-state index in [1.165, 1.54) is 5.56 Å². The molecule has 0 fully saturated rings. The summed E-state index contributed by atoms with van der Waals surface area (Å²) in [4.78, 5) is 0. The fourth-order valence-electron chi connectivity index (χ4n) is 2.17. The Balaban J connectivity index is 2.49. The van der Waals surface area contributed by atoms with Crippen LogP contribution in [0, 0.1) is 0 Å². The van der Waals surface area contributed by atoms with Crippen LogP contribution in [0.1, 0.15) is 30.9 Å². The number of benzene rings is 2. The highest BCUT2D eigenvalue weighted by atomic mass is 16.5. The van der Waals surface area contributed by atoms with Crippen LogP contribution in [0.25, 0.3) is 11.1 Å². The van der Waals surface area contributed by atoms with Crippen molar-refractivity contribution in [3.05, 3.63) is 53.6 Å². The summed E-state index contributed by atoms with van der Waals surface area (Å²) in [7, 11) is 1.72. The Kier molecular flexibility index (Phi) is 4.23. The van der Waals surface area contributed by atoms with Crippen LogP contribution in [0.2, 0.25) is 0 Å². The van der Waals surface area contributed by atoms with E-state index < -0.39 is 0 Å². The van der Waals surface area contributed by atoms with Crippen molar-refractivity contribution in [2.24, 2.45) is 5.73 Å². The van der Waals surface area contributed by atoms with Crippen molar-refractivity contribution in [2.75, 3.05) is 7.11 Å². The van der Waals surface area contributed by atoms with Gasteiger partial charge >= 0.3 is 0 Å². The molecule has 0 unspecified atom stereocenters. The molecule has 2 aromatic rings. The summed E-state index contributed by atoms with van der Waals surface area (Å²) in [5, 5.41) is 0. The molecule has 0 bridgehead atoms. The van der Waals surface area contributed by atoms with Crippen molar-refractivity contribution in [1.29, 1.82) is 0 Å². The molecule has 2 N–H and O–H groups in total. The van der Waals surface area contributed by atoms with Gasteiger partial charge in [0.25, 0.3) is 0 Å². The lowest BCUT2D eigenvalue weighted by Gasteiger charge is -2.13. The minimum absolute atomic E-state index is 0.498. The summed E-state index contributed by atoms with van der Waals surface area (Å²) >= 11 is 0. The first-order chi connectivity index (χ1) is 9.15. The largest absolute Gasteiger partial charge is 0.496 e. The van der Waals surface area contributed by atoms with E-state index in [1.54, 1.807) is 7.11 Å². The molecule has 0 aliphatic heterocycles. The van der Waals surface area contributed by atoms with Gasteiger partial charge in [0.1, 0.15) is 5.75 Å². The quantitative estimate of drug-likeness (QED) is 0.898. The first-order valence-corrected chi connectivity index (χ1v) is 6.63. The Hall–Kier alpha value is -1.80. The topological polar surface area (TPSA) is 35.2 Å². The lowest BCUT2D eigenvalue weighted by molar-refractivity contribution is 0.415. The van der Waals surface area contributed by atoms with Gasteiger partial charge in [-0.15, -0.1) is 0 Å². The number of methoxy groups -OCH3 is 1. The van der Waals surface area contributed by atoms with E-state index >= 15 is 0 Å². The number of hydrogen-bond acceptors (Lipinski definition) is 2. The van der Waals surface area contributed by atoms with E-state index in [2.05, 4.69) is 44.2 Å². The normalized spacial score (nSPS) is 10.8. The van der Waals surface area contributed by atoms with Gasteiger partial charge in [-0.2, -0.15) is 0 Å². The summed E-state index contributed by atoms with van der Waals surface area (Å²) < 4.78 is 5.53. The maximum absolute atomic E-state index is 5.70. The molecule has 2 rings (SSSR count). The molecule has 0 saturated carbocycles. The first kappa shape index (κ1) is 13.6. The molecule has 0 atom stereocenters. The molecular weight excluding hydrogens is 234 g/mol. The highest BCUT2D eigenvalue weighted by Crippen LogP contribution is 2.33. The van der Waals surface area contributed by atoms with Crippen LogP contribution in [0.5, 0.6) is 5.75 Å². The van der Waals surface area contributed by atoms with Crippen molar-refractivity contribution in [3.63, 3.8) is 0 Å². The highest BCUT2D eigenvalue weighted by molar-refractivity contribution is 5.71. The van der Waals surface area contributed by atoms with Crippen LogP contribution >= 0.6 is 0 Å². The van der Waals surface area contributed by atoms with Crippen LogP contribution in [-0.2, 0) is 6.54 Å². The molecule has 0 aliphatic rings. The van der Waals surface area contributed by atoms with E-state index in [-0.39, 0.29) is 0 Å². The zero-order chi connectivity index (χ0) is 13.8. The molecule has 100 valence electrons. The highest BCUT2D eigenvalue weighted by Gasteiger charge is 2.09. The van der Waals surface area contributed by atoms with E-state index in [9.17, 15) is 0 Å². The molecule has 2 nitrogen and oxygen atoms in total. The third-order valence-corrected chi connectivity index (χ3v) is 3.37. The molecule has 0 radical (unpaired) electrons. The fourth-order valence-corrected chi connectivity index (χ4v) is 2.17. The van der Waals surface area contributed by atoms with Gasteiger partial charge in [0.15, 0.2) is 0 Å². The summed E-state index contributed by atoms with van der Waals surface area (Å²) in [6.45, 7) is 4.92. The molecule has 0 aromatic heterocycles. The van der Waals surface area contributed by atoms with Gasteiger partial charge in [-0.1, -0.05) is 44.2 Å². The second-order valence-corrected chi connectivity index (χ2v) is 5.02. The van der Waals surface area contributed by atoms with Crippen molar-refractivity contribution in [3.8, 4) is 16.9 Å². The summed E-state index contributed by atoms with van der Waals surface area (Å²) in [6.07, 6.45) is 0. The van der Waals surface area contributed by atoms with Gasteiger partial charge in [-0.05, 0) is 34.7 Å². The van der Waals surface area contributed by atoms with E-state index in [0.29, 0.717) is 12.5 Å². The molecule has 0 amide bonds. The molecule has 2 aromatic carbocycles. The van der Waals surface area contributed by atoms with E-state index in [1.807, 2.05) is 12.1 Å². The third kappa shape index (κ3) is 2.96. The molecule has 19 heavy (non-hydrogen) atoms. The SMILES string of the molecule is COc1cc(C(C)C)ccc1-c1cccc(CN)c1. The molecule has 0 saturated heterocycles. The molecular formula is C17H21NO. The molecule has 0 spiro atoms. The minimum atomic E-state index is 0.498. The average Bonchev–Trinajstić information content (AvgIpc) is 2.46. The monoisotopic (exact) mass is 255 g/mol. The first-order valence-electron chi connectivity index (χ1n) is 6.63. The van der Waals surface area contributed by atoms with Crippen LogP contribution in [0.15, 0.2) is 42.5 Å². The molecule has 2 heteroatoms. The smallest absolute Gasteiger partial charge is 0.126 e. The predicted octanol–water partition coefficient (Wildman–Crippen LogP) is 3.94. The van der Waals surface area contributed by atoms with Gasteiger partial charge < -0.3 is 10.5 Å². The predicted molar refractivity (Wildman–Crippen MR) is 80.4 cm³/mol. The van der Waals surface area contributed by atoms with Gasteiger partial charge in [-0.3, -0.25) is 0 Å². The number of nitrogens with two attached hydrogens (primary N) is 1. The maximum atomic E-state index is 5.70. The van der Waals surface area contributed by atoms with Gasteiger partial charge in [0.05, 0.1) is 7.11 Å². The van der Waals surface area contributed by atoms with Gasteiger partial charge in [0, 0.05) is 12.1 Å². The molecule has 0 heterocycles. The van der Waals surface area contributed by atoms with Crippen LogP contribution in [0.3, 0.4) is 0 Å².